The van der Waals surface area contributed by atoms with Gasteiger partial charge < -0.3 is 14.5 Å². The number of benzene rings is 3. The Balaban J connectivity index is 1.62. The third-order valence-electron chi connectivity index (χ3n) is 5.14. The highest BCUT2D eigenvalue weighted by Crippen LogP contribution is 2.32. The Morgan fingerprint density at radius 3 is 2.26 bits per heavy atom. The highest BCUT2D eigenvalue weighted by Gasteiger charge is 2.23. The maximum Gasteiger partial charge on any atom is 0.262 e. The standard InChI is InChI=1S/C26H23NO4/c1-16-11-13-19(14-12-16)24(29)26-23(20-9-4-5-10-21(20)31-26)27-22(28)15-30-25-17(2)7-6-8-18(25)3/h4-14H,15H2,1-3H3,(H,27,28). The van der Waals surface area contributed by atoms with Crippen molar-refractivity contribution in [2.45, 2.75) is 20.8 Å². The number of rotatable bonds is 6. The molecule has 1 heterocycles. The van der Waals surface area contributed by atoms with Gasteiger partial charge >= 0.3 is 0 Å². The Labute approximate surface area is 180 Å². The summed E-state index contributed by atoms with van der Waals surface area (Å²) in [6.45, 7) is 5.64. The Morgan fingerprint density at radius 2 is 1.55 bits per heavy atom. The van der Waals surface area contributed by atoms with E-state index in [-0.39, 0.29) is 24.1 Å². The third kappa shape index (κ3) is 4.21. The lowest BCUT2D eigenvalue weighted by molar-refractivity contribution is -0.118. The van der Waals surface area contributed by atoms with Crippen molar-refractivity contribution in [2.24, 2.45) is 0 Å². The van der Waals surface area contributed by atoms with Gasteiger partial charge in [0.05, 0.1) is 5.69 Å². The zero-order valence-corrected chi connectivity index (χ0v) is 17.7. The lowest BCUT2D eigenvalue weighted by atomic mass is 10.1. The number of carbonyl (C=O) groups excluding carboxylic acids is 2. The van der Waals surface area contributed by atoms with E-state index >= 15 is 0 Å². The van der Waals surface area contributed by atoms with Crippen LogP contribution in [0.2, 0.25) is 0 Å². The molecule has 31 heavy (non-hydrogen) atoms. The summed E-state index contributed by atoms with van der Waals surface area (Å²) in [6.07, 6.45) is 0. The van der Waals surface area contributed by atoms with Crippen molar-refractivity contribution in [1.29, 1.82) is 0 Å². The molecule has 0 aliphatic rings. The van der Waals surface area contributed by atoms with Crippen molar-refractivity contribution in [3.05, 3.63) is 94.7 Å². The van der Waals surface area contributed by atoms with Crippen LogP contribution in [0, 0.1) is 20.8 Å². The number of aryl methyl sites for hydroxylation is 3. The summed E-state index contributed by atoms with van der Waals surface area (Å²) in [6, 6.07) is 20.3. The first-order chi connectivity index (χ1) is 14.9. The number of hydrogen-bond donors (Lipinski definition) is 1. The van der Waals surface area contributed by atoms with Gasteiger partial charge in [-0.15, -0.1) is 0 Å². The second kappa shape index (κ2) is 8.48. The molecule has 0 saturated carbocycles. The zero-order valence-electron chi connectivity index (χ0n) is 17.7. The van der Waals surface area contributed by atoms with Crippen molar-refractivity contribution in [3.63, 3.8) is 0 Å². The lowest BCUT2D eigenvalue weighted by Gasteiger charge is -2.12. The molecule has 0 bridgehead atoms. The number of ether oxygens (including phenoxy) is 1. The summed E-state index contributed by atoms with van der Waals surface area (Å²) >= 11 is 0. The van der Waals surface area contributed by atoms with Gasteiger partial charge in [-0.05, 0) is 44.0 Å². The molecule has 0 aliphatic carbocycles. The van der Waals surface area contributed by atoms with Crippen molar-refractivity contribution in [2.75, 3.05) is 11.9 Å². The van der Waals surface area contributed by atoms with Gasteiger partial charge in [-0.3, -0.25) is 9.59 Å². The molecule has 4 rings (SSSR count). The molecule has 0 unspecified atom stereocenters. The third-order valence-corrected chi connectivity index (χ3v) is 5.14. The van der Waals surface area contributed by atoms with Crippen molar-refractivity contribution < 1.29 is 18.7 Å². The molecular formula is C26H23NO4. The van der Waals surface area contributed by atoms with Crippen LogP contribution in [0.5, 0.6) is 5.75 Å². The van der Waals surface area contributed by atoms with Gasteiger partial charge in [0, 0.05) is 10.9 Å². The number of furan rings is 1. The number of carbonyl (C=O) groups is 2. The fourth-order valence-corrected chi connectivity index (χ4v) is 3.51. The highest BCUT2D eigenvalue weighted by molar-refractivity contribution is 6.17. The van der Waals surface area contributed by atoms with Gasteiger partial charge in [-0.2, -0.15) is 0 Å². The molecule has 5 heteroatoms. The first kappa shape index (κ1) is 20.4. The van der Waals surface area contributed by atoms with Gasteiger partial charge in [0.25, 0.3) is 5.91 Å². The summed E-state index contributed by atoms with van der Waals surface area (Å²) in [5.41, 5.74) is 4.35. The molecule has 0 spiro atoms. The summed E-state index contributed by atoms with van der Waals surface area (Å²) in [7, 11) is 0. The quantitative estimate of drug-likeness (QED) is 0.417. The highest BCUT2D eigenvalue weighted by atomic mass is 16.5. The smallest absolute Gasteiger partial charge is 0.262 e. The second-order valence-corrected chi connectivity index (χ2v) is 7.56. The molecule has 5 nitrogen and oxygen atoms in total. The summed E-state index contributed by atoms with van der Waals surface area (Å²) in [5.74, 6) is 0.130. The van der Waals surface area contributed by atoms with Crippen LogP contribution in [0.15, 0.2) is 71.1 Å². The van der Waals surface area contributed by atoms with Crippen molar-refractivity contribution >= 4 is 28.3 Å². The van der Waals surface area contributed by atoms with Crippen molar-refractivity contribution in [3.8, 4) is 5.75 Å². The minimum Gasteiger partial charge on any atom is -0.483 e. The number of ketones is 1. The van der Waals surface area contributed by atoms with Crippen LogP contribution in [0.25, 0.3) is 11.0 Å². The van der Waals surface area contributed by atoms with Gasteiger partial charge in [0.2, 0.25) is 5.78 Å². The predicted molar refractivity (Wildman–Crippen MR) is 121 cm³/mol. The van der Waals surface area contributed by atoms with E-state index < -0.39 is 0 Å². The number of nitrogens with one attached hydrogen (secondary N) is 1. The normalized spacial score (nSPS) is 10.8. The summed E-state index contributed by atoms with van der Waals surface area (Å²) in [4.78, 5) is 25.8. The van der Waals surface area contributed by atoms with Gasteiger partial charge in [0.15, 0.2) is 12.4 Å². The topological polar surface area (TPSA) is 68.5 Å². The maximum absolute atomic E-state index is 13.1. The predicted octanol–water partition coefficient (Wildman–Crippen LogP) is 5.61. The van der Waals surface area contributed by atoms with E-state index in [0.717, 1.165) is 16.7 Å². The Kier molecular flexibility index (Phi) is 5.58. The molecule has 0 atom stereocenters. The Morgan fingerprint density at radius 1 is 0.871 bits per heavy atom. The van der Waals surface area contributed by atoms with Crippen LogP contribution in [0.4, 0.5) is 5.69 Å². The van der Waals surface area contributed by atoms with Gasteiger partial charge in [-0.25, -0.2) is 0 Å². The molecule has 4 aromatic rings. The average Bonchev–Trinajstić information content (AvgIpc) is 3.12. The molecular weight excluding hydrogens is 390 g/mol. The average molecular weight is 413 g/mol. The molecule has 156 valence electrons. The Hall–Kier alpha value is -3.86. The number of para-hydroxylation sites is 2. The monoisotopic (exact) mass is 413 g/mol. The largest absolute Gasteiger partial charge is 0.483 e. The molecule has 0 aliphatic heterocycles. The SMILES string of the molecule is Cc1ccc(C(=O)c2oc3ccccc3c2NC(=O)COc2c(C)cccc2C)cc1. The van der Waals surface area contributed by atoms with Gasteiger partial charge in [0.1, 0.15) is 11.3 Å². The zero-order chi connectivity index (χ0) is 22.0. The number of fused-ring (bicyclic) bond motifs is 1. The number of hydrogen-bond acceptors (Lipinski definition) is 4. The van der Waals surface area contributed by atoms with Gasteiger partial charge in [-0.1, -0.05) is 60.2 Å². The van der Waals surface area contributed by atoms with E-state index in [1.165, 1.54) is 0 Å². The first-order valence-corrected chi connectivity index (χ1v) is 10.1. The first-order valence-electron chi connectivity index (χ1n) is 10.1. The van der Waals surface area contributed by atoms with Crippen LogP contribution in [-0.2, 0) is 4.79 Å². The summed E-state index contributed by atoms with van der Waals surface area (Å²) in [5, 5.41) is 3.49. The molecule has 1 amide bonds. The Bertz CT molecular complexity index is 1250. The maximum atomic E-state index is 13.1. The summed E-state index contributed by atoms with van der Waals surface area (Å²) < 4.78 is 11.6. The second-order valence-electron chi connectivity index (χ2n) is 7.56. The molecule has 0 saturated heterocycles. The molecule has 1 aromatic heterocycles. The van der Waals surface area contributed by atoms with E-state index in [0.29, 0.717) is 28.0 Å². The minimum atomic E-state index is -0.368. The van der Waals surface area contributed by atoms with E-state index in [1.54, 1.807) is 18.2 Å². The number of amides is 1. The molecule has 3 aromatic carbocycles. The van der Waals surface area contributed by atoms with Crippen LogP contribution >= 0.6 is 0 Å². The van der Waals surface area contributed by atoms with E-state index in [4.69, 9.17) is 9.15 Å². The lowest BCUT2D eigenvalue weighted by Crippen LogP contribution is -2.21. The van der Waals surface area contributed by atoms with E-state index in [2.05, 4.69) is 5.32 Å². The van der Waals surface area contributed by atoms with Crippen LogP contribution in [-0.4, -0.2) is 18.3 Å². The van der Waals surface area contributed by atoms with E-state index in [9.17, 15) is 9.59 Å². The van der Waals surface area contributed by atoms with Crippen molar-refractivity contribution in [1.82, 2.24) is 0 Å². The van der Waals surface area contributed by atoms with Crippen LogP contribution < -0.4 is 10.1 Å². The fraction of sp³-hybridized carbons (Fsp3) is 0.154. The van der Waals surface area contributed by atoms with Crippen LogP contribution in [0.1, 0.15) is 32.8 Å². The molecule has 0 radical (unpaired) electrons. The molecule has 1 N–H and O–H groups in total. The minimum absolute atomic E-state index is 0.102. The van der Waals surface area contributed by atoms with Crippen LogP contribution in [0.3, 0.4) is 0 Å². The molecule has 0 fully saturated rings. The van der Waals surface area contributed by atoms with E-state index in [1.807, 2.05) is 69.3 Å². The number of anilines is 1. The fourth-order valence-electron chi connectivity index (χ4n) is 3.51.